The minimum atomic E-state index is -0.317. The fraction of sp³-hybridized carbons (Fsp3) is 0.895. The zero-order chi connectivity index (χ0) is 18.3. The van der Waals surface area contributed by atoms with Crippen molar-refractivity contribution in [3.63, 3.8) is 0 Å². The number of hydrogen-bond donors (Lipinski definition) is 0. The summed E-state index contributed by atoms with van der Waals surface area (Å²) in [5, 5.41) is 0. The van der Waals surface area contributed by atoms with Gasteiger partial charge in [0.25, 0.3) is 0 Å². The lowest BCUT2D eigenvalue weighted by atomic mass is 9.73. The molecular formula is C19H38N2O2. The molecule has 0 atom stereocenters. The minimum Gasteiger partial charge on any atom is -0.340 e. The first-order valence-corrected chi connectivity index (χ1v) is 9.08. The predicted octanol–water partition coefficient (Wildman–Crippen LogP) is 3.60. The molecule has 0 saturated carbocycles. The van der Waals surface area contributed by atoms with E-state index in [0.29, 0.717) is 6.54 Å². The molecule has 1 rings (SSSR count). The lowest BCUT2D eigenvalue weighted by Gasteiger charge is -2.40. The Morgan fingerprint density at radius 3 is 1.83 bits per heavy atom. The fourth-order valence-electron chi connectivity index (χ4n) is 3.25. The van der Waals surface area contributed by atoms with Gasteiger partial charge in [-0.3, -0.25) is 14.5 Å². The summed E-state index contributed by atoms with van der Waals surface area (Å²) in [6.45, 7) is 20.0. The van der Waals surface area contributed by atoms with Crippen molar-refractivity contribution in [2.75, 3.05) is 32.7 Å². The molecule has 0 unspecified atom stereocenters. The van der Waals surface area contributed by atoms with Crippen molar-refractivity contribution in [3.05, 3.63) is 0 Å². The van der Waals surface area contributed by atoms with Gasteiger partial charge in [-0.2, -0.15) is 0 Å². The smallest absolute Gasteiger partial charge is 0.228 e. The first-order chi connectivity index (χ1) is 10.6. The van der Waals surface area contributed by atoms with Gasteiger partial charge in [-0.1, -0.05) is 54.9 Å². The topological polar surface area (TPSA) is 40.6 Å². The van der Waals surface area contributed by atoms with Crippen molar-refractivity contribution < 1.29 is 9.59 Å². The van der Waals surface area contributed by atoms with Gasteiger partial charge >= 0.3 is 0 Å². The van der Waals surface area contributed by atoms with Crippen LogP contribution in [0.4, 0.5) is 0 Å². The van der Waals surface area contributed by atoms with Gasteiger partial charge in [-0.15, -0.1) is 0 Å². The monoisotopic (exact) mass is 326 g/mol. The van der Waals surface area contributed by atoms with Gasteiger partial charge < -0.3 is 4.90 Å². The molecule has 0 spiro atoms. The van der Waals surface area contributed by atoms with Crippen molar-refractivity contribution in [1.29, 1.82) is 0 Å². The van der Waals surface area contributed by atoms with Crippen molar-refractivity contribution in [2.45, 2.75) is 68.2 Å². The Hall–Kier alpha value is -0.900. The molecule has 1 aliphatic rings. The third-order valence-corrected chi connectivity index (χ3v) is 4.56. The lowest BCUT2D eigenvalue weighted by molar-refractivity contribution is -0.144. The summed E-state index contributed by atoms with van der Waals surface area (Å²) in [6, 6.07) is 0. The summed E-state index contributed by atoms with van der Waals surface area (Å²) in [7, 11) is 0. The molecular weight excluding hydrogens is 288 g/mol. The first kappa shape index (κ1) is 22.1. The highest BCUT2D eigenvalue weighted by atomic mass is 16.2. The molecule has 0 aliphatic carbocycles. The molecule has 1 fully saturated rings. The van der Waals surface area contributed by atoms with Crippen molar-refractivity contribution >= 4 is 11.7 Å². The van der Waals surface area contributed by atoms with Crippen LogP contribution in [0.5, 0.6) is 0 Å². The summed E-state index contributed by atoms with van der Waals surface area (Å²) in [4.78, 5) is 28.0. The molecule has 4 nitrogen and oxygen atoms in total. The summed E-state index contributed by atoms with van der Waals surface area (Å²) < 4.78 is 0. The maximum atomic E-state index is 12.8. The average molecular weight is 327 g/mol. The van der Waals surface area contributed by atoms with E-state index in [1.807, 2.05) is 18.7 Å². The van der Waals surface area contributed by atoms with Crippen LogP contribution in [0.25, 0.3) is 0 Å². The zero-order valence-electron chi connectivity index (χ0n) is 16.7. The highest BCUT2D eigenvalue weighted by Gasteiger charge is 2.37. The number of hydrogen-bond acceptors (Lipinski definition) is 3. The number of piperazine rings is 1. The van der Waals surface area contributed by atoms with Crippen LogP contribution in [0, 0.1) is 10.8 Å². The van der Waals surface area contributed by atoms with Gasteiger partial charge in [0, 0.05) is 31.6 Å². The van der Waals surface area contributed by atoms with Crippen LogP contribution >= 0.6 is 0 Å². The molecule has 1 saturated heterocycles. The lowest BCUT2D eigenvalue weighted by Crippen LogP contribution is -2.53. The highest BCUT2D eigenvalue weighted by molar-refractivity contribution is 5.82. The van der Waals surface area contributed by atoms with Crippen molar-refractivity contribution in [1.82, 2.24) is 9.80 Å². The van der Waals surface area contributed by atoms with E-state index in [-0.39, 0.29) is 22.5 Å². The Morgan fingerprint density at radius 2 is 1.43 bits per heavy atom. The van der Waals surface area contributed by atoms with Gasteiger partial charge in [0.1, 0.15) is 5.78 Å². The summed E-state index contributed by atoms with van der Waals surface area (Å²) >= 11 is 0. The molecule has 0 aromatic carbocycles. The quantitative estimate of drug-likeness (QED) is 0.749. The van der Waals surface area contributed by atoms with E-state index in [2.05, 4.69) is 39.5 Å². The third-order valence-electron chi connectivity index (χ3n) is 4.56. The van der Waals surface area contributed by atoms with Crippen LogP contribution in [0.2, 0.25) is 0 Å². The second-order valence-corrected chi connectivity index (χ2v) is 7.85. The highest BCUT2D eigenvalue weighted by Crippen LogP contribution is 2.37. The minimum absolute atomic E-state index is 0.190. The van der Waals surface area contributed by atoms with Crippen LogP contribution in [-0.4, -0.2) is 54.2 Å². The first-order valence-electron chi connectivity index (χ1n) is 9.08. The Labute approximate surface area is 143 Å². The van der Waals surface area contributed by atoms with E-state index in [1.54, 1.807) is 6.92 Å². The van der Waals surface area contributed by atoms with Crippen LogP contribution in [0.3, 0.4) is 0 Å². The number of Topliss-reactive ketones (excluding diaryl/α,β-unsaturated/α-hetero) is 1. The molecule has 136 valence electrons. The van der Waals surface area contributed by atoms with E-state index in [0.717, 1.165) is 39.0 Å². The number of ketones is 1. The Morgan fingerprint density at radius 1 is 0.957 bits per heavy atom. The van der Waals surface area contributed by atoms with Crippen molar-refractivity contribution in [3.8, 4) is 0 Å². The molecule has 4 heteroatoms. The number of rotatable bonds is 6. The molecule has 0 N–H and O–H groups in total. The van der Waals surface area contributed by atoms with Gasteiger partial charge in [0.15, 0.2) is 0 Å². The van der Waals surface area contributed by atoms with Crippen LogP contribution in [0.1, 0.15) is 68.2 Å². The third kappa shape index (κ3) is 7.47. The summed E-state index contributed by atoms with van der Waals surface area (Å²) in [5.74, 6) is 0.450. The molecule has 0 aromatic rings. The van der Waals surface area contributed by atoms with Gasteiger partial charge in [-0.05, 0) is 18.8 Å². The Kier molecular flexibility index (Phi) is 9.04. The van der Waals surface area contributed by atoms with Gasteiger partial charge in [0.05, 0.1) is 6.54 Å². The van der Waals surface area contributed by atoms with E-state index in [1.165, 1.54) is 0 Å². The van der Waals surface area contributed by atoms with Crippen LogP contribution < -0.4 is 0 Å². The average Bonchev–Trinajstić information content (AvgIpc) is 2.48. The molecule has 1 aliphatic heterocycles. The largest absolute Gasteiger partial charge is 0.340 e. The molecule has 0 radical (unpaired) electrons. The Balaban J connectivity index is 0.00000232. The second kappa shape index (κ2) is 9.41. The molecule has 0 aromatic heterocycles. The number of amides is 1. The van der Waals surface area contributed by atoms with E-state index in [9.17, 15) is 9.59 Å². The number of carbonyl (C=O) groups excluding carboxylic acids is 2. The molecule has 1 amide bonds. The SMILES string of the molecule is CC.CCC(C)(C)CC(C)(C)C(=O)N1CCN(CC(C)=O)CC1. The standard InChI is InChI=1S/C17H32N2O2.C2H6/c1-7-16(3,4)13-17(5,6)15(21)19-10-8-18(9-11-19)12-14(2)20;1-2/h7-13H2,1-6H3;1-2H3. The molecule has 23 heavy (non-hydrogen) atoms. The molecule has 1 heterocycles. The summed E-state index contributed by atoms with van der Waals surface area (Å²) in [5.41, 5.74) is -0.127. The predicted molar refractivity (Wildman–Crippen MR) is 97.5 cm³/mol. The maximum Gasteiger partial charge on any atom is 0.228 e. The second-order valence-electron chi connectivity index (χ2n) is 7.85. The zero-order valence-corrected chi connectivity index (χ0v) is 16.7. The van der Waals surface area contributed by atoms with E-state index in [4.69, 9.17) is 0 Å². The maximum absolute atomic E-state index is 12.8. The van der Waals surface area contributed by atoms with Gasteiger partial charge in [-0.25, -0.2) is 0 Å². The van der Waals surface area contributed by atoms with E-state index < -0.39 is 0 Å². The molecule has 0 bridgehead atoms. The fourth-order valence-corrected chi connectivity index (χ4v) is 3.25. The number of nitrogens with zero attached hydrogens (tertiary/aromatic N) is 2. The van der Waals surface area contributed by atoms with E-state index >= 15 is 0 Å². The van der Waals surface area contributed by atoms with Crippen LogP contribution in [-0.2, 0) is 9.59 Å². The normalized spacial score (nSPS) is 16.6. The number of carbonyl (C=O) groups is 2. The summed E-state index contributed by atoms with van der Waals surface area (Å²) in [6.07, 6.45) is 1.99. The van der Waals surface area contributed by atoms with Crippen molar-refractivity contribution in [2.24, 2.45) is 10.8 Å². The van der Waals surface area contributed by atoms with Crippen LogP contribution in [0.15, 0.2) is 0 Å². The van der Waals surface area contributed by atoms with Gasteiger partial charge in [0.2, 0.25) is 5.91 Å². The Bertz CT molecular complexity index is 381.